The highest BCUT2D eigenvalue weighted by atomic mass is 19.1. The monoisotopic (exact) mass is 279 g/mol. The number of hydrogen-bond donors (Lipinski definition) is 1. The van der Waals surface area contributed by atoms with E-state index in [1.807, 2.05) is 0 Å². The van der Waals surface area contributed by atoms with Gasteiger partial charge in [-0.05, 0) is 18.9 Å². The van der Waals surface area contributed by atoms with Gasteiger partial charge in [-0.1, -0.05) is 11.3 Å². The summed E-state index contributed by atoms with van der Waals surface area (Å²) in [6, 6.07) is 3.27. The summed E-state index contributed by atoms with van der Waals surface area (Å²) in [7, 11) is 0. The molecule has 0 radical (unpaired) electrons. The zero-order valence-electron chi connectivity index (χ0n) is 10.4. The van der Waals surface area contributed by atoms with E-state index in [1.54, 1.807) is 0 Å². The lowest BCUT2D eigenvalue weighted by molar-refractivity contribution is 0.0689. The van der Waals surface area contributed by atoms with Crippen LogP contribution in [0.5, 0.6) is 0 Å². The number of halogens is 2. The van der Waals surface area contributed by atoms with E-state index in [1.165, 1.54) is 10.7 Å². The fourth-order valence-corrected chi connectivity index (χ4v) is 2.16. The molecule has 104 valence electrons. The molecular weight excluding hydrogens is 268 g/mol. The van der Waals surface area contributed by atoms with E-state index in [0.29, 0.717) is 5.69 Å². The van der Waals surface area contributed by atoms with Gasteiger partial charge in [-0.15, -0.1) is 5.10 Å². The van der Waals surface area contributed by atoms with Crippen molar-refractivity contribution >= 4 is 5.97 Å². The molecule has 0 atom stereocenters. The van der Waals surface area contributed by atoms with Gasteiger partial charge in [0.2, 0.25) is 0 Å². The normalized spacial score (nSPS) is 14.5. The first-order chi connectivity index (χ1) is 9.56. The Balaban J connectivity index is 1.96. The van der Waals surface area contributed by atoms with Crippen LogP contribution in [0.2, 0.25) is 0 Å². The molecule has 1 aromatic heterocycles. The Bertz CT molecular complexity index is 680. The zero-order valence-corrected chi connectivity index (χ0v) is 10.4. The molecule has 1 N–H and O–H groups in total. The number of carboxylic acids is 1. The van der Waals surface area contributed by atoms with E-state index < -0.39 is 17.6 Å². The van der Waals surface area contributed by atoms with Crippen molar-refractivity contribution in [2.24, 2.45) is 0 Å². The van der Waals surface area contributed by atoms with Crippen LogP contribution >= 0.6 is 0 Å². The molecule has 1 saturated carbocycles. The summed E-state index contributed by atoms with van der Waals surface area (Å²) < 4.78 is 27.9. The molecule has 3 rings (SSSR count). The molecule has 0 saturated heterocycles. The van der Waals surface area contributed by atoms with Crippen LogP contribution in [0.3, 0.4) is 0 Å². The second kappa shape index (κ2) is 4.66. The van der Waals surface area contributed by atoms with Gasteiger partial charge in [-0.2, -0.15) is 0 Å². The molecule has 0 aliphatic heterocycles. The maximum absolute atomic E-state index is 13.6. The van der Waals surface area contributed by atoms with Crippen LogP contribution in [-0.4, -0.2) is 26.1 Å². The van der Waals surface area contributed by atoms with E-state index >= 15 is 0 Å². The Kier molecular flexibility index (Phi) is 2.96. The molecule has 1 aliphatic rings. The van der Waals surface area contributed by atoms with Crippen LogP contribution in [0.1, 0.15) is 40.5 Å². The van der Waals surface area contributed by atoms with Crippen molar-refractivity contribution in [2.45, 2.75) is 25.3 Å². The van der Waals surface area contributed by atoms with Crippen molar-refractivity contribution < 1.29 is 18.7 Å². The highest BCUT2D eigenvalue weighted by Gasteiger charge is 2.33. The third-order valence-corrected chi connectivity index (χ3v) is 3.28. The van der Waals surface area contributed by atoms with Crippen molar-refractivity contribution in [1.82, 2.24) is 15.0 Å². The highest BCUT2D eigenvalue weighted by Crippen LogP contribution is 2.41. The van der Waals surface area contributed by atoms with Gasteiger partial charge in [0, 0.05) is 17.5 Å². The van der Waals surface area contributed by atoms with Crippen molar-refractivity contribution in [3.63, 3.8) is 0 Å². The minimum Gasteiger partial charge on any atom is -0.476 e. The highest BCUT2D eigenvalue weighted by molar-refractivity contribution is 5.86. The maximum Gasteiger partial charge on any atom is 0.358 e. The van der Waals surface area contributed by atoms with Crippen molar-refractivity contribution in [3.05, 3.63) is 46.8 Å². The number of rotatable bonds is 4. The van der Waals surface area contributed by atoms with Gasteiger partial charge in [0.25, 0.3) is 0 Å². The fourth-order valence-electron chi connectivity index (χ4n) is 2.16. The summed E-state index contributed by atoms with van der Waals surface area (Å²) in [5.41, 5.74) is 0.673. The molecule has 0 spiro atoms. The number of carboxylic acid groups (broad SMARTS) is 1. The minimum atomic E-state index is -1.14. The lowest BCUT2D eigenvalue weighted by Gasteiger charge is -2.07. The summed E-state index contributed by atoms with van der Waals surface area (Å²) in [6.45, 7) is 0.0399. The van der Waals surface area contributed by atoms with Crippen molar-refractivity contribution in [2.75, 3.05) is 0 Å². The molecule has 1 heterocycles. The Hall–Kier alpha value is -2.31. The molecule has 7 heteroatoms. The summed E-state index contributed by atoms with van der Waals surface area (Å²) in [5, 5.41) is 16.5. The number of carbonyl (C=O) groups is 1. The van der Waals surface area contributed by atoms with Gasteiger partial charge >= 0.3 is 5.97 Å². The van der Waals surface area contributed by atoms with Gasteiger partial charge in [0.05, 0.1) is 12.2 Å². The summed E-state index contributed by atoms with van der Waals surface area (Å²) in [5.74, 6) is -2.37. The number of hydrogen-bond acceptors (Lipinski definition) is 3. The van der Waals surface area contributed by atoms with E-state index in [4.69, 9.17) is 5.11 Å². The van der Waals surface area contributed by atoms with Crippen LogP contribution in [0.4, 0.5) is 8.78 Å². The van der Waals surface area contributed by atoms with Crippen molar-refractivity contribution in [3.8, 4) is 0 Å². The van der Waals surface area contributed by atoms with Gasteiger partial charge in [-0.25, -0.2) is 18.3 Å². The number of benzene rings is 1. The third-order valence-electron chi connectivity index (χ3n) is 3.28. The first-order valence-electron chi connectivity index (χ1n) is 6.17. The van der Waals surface area contributed by atoms with E-state index in [9.17, 15) is 13.6 Å². The van der Waals surface area contributed by atoms with E-state index in [2.05, 4.69) is 10.3 Å². The Morgan fingerprint density at radius 2 is 2.15 bits per heavy atom. The van der Waals surface area contributed by atoms with E-state index in [0.717, 1.165) is 25.0 Å². The van der Waals surface area contributed by atoms with Crippen LogP contribution in [-0.2, 0) is 6.54 Å². The molecule has 0 amide bonds. The molecule has 1 aromatic carbocycles. The Morgan fingerprint density at radius 3 is 2.75 bits per heavy atom. The molecule has 5 nitrogen and oxygen atoms in total. The zero-order chi connectivity index (χ0) is 14.3. The number of aromatic carboxylic acids is 1. The molecule has 1 fully saturated rings. The summed E-state index contributed by atoms with van der Waals surface area (Å²) >= 11 is 0. The minimum absolute atomic E-state index is 0.0399. The van der Waals surface area contributed by atoms with Crippen LogP contribution in [0.25, 0.3) is 0 Å². The summed E-state index contributed by atoms with van der Waals surface area (Å²) in [6.07, 6.45) is 1.75. The Morgan fingerprint density at radius 1 is 1.40 bits per heavy atom. The van der Waals surface area contributed by atoms with Crippen LogP contribution < -0.4 is 0 Å². The van der Waals surface area contributed by atoms with Crippen LogP contribution in [0, 0.1) is 11.6 Å². The van der Waals surface area contributed by atoms with Gasteiger partial charge in [0.15, 0.2) is 5.69 Å². The van der Waals surface area contributed by atoms with Gasteiger partial charge in [0.1, 0.15) is 11.6 Å². The molecule has 1 aliphatic carbocycles. The fraction of sp³-hybridized carbons (Fsp3) is 0.308. The number of nitrogens with zero attached hydrogens (tertiary/aromatic N) is 3. The molecule has 2 aromatic rings. The second-order valence-electron chi connectivity index (χ2n) is 4.80. The Labute approximate surface area is 112 Å². The SMILES string of the molecule is O=C(O)c1nnn(Cc2ccc(F)cc2F)c1C1CC1. The lowest BCUT2D eigenvalue weighted by Crippen LogP contribution is -2.09. The smallest absolute Gasteiger partial charge is 0.358 e. The first-order valence-corrected chi connectivity index (χ1v) is 6.17. The van der Waals surface area contributed by atoms with Gasteiger partial charge < -0.3 is 5.11 Å². The summed E-state index contributed by atoms with van der Waals surface area (Å²) in [4.78, 5) is 11.1. The average molecular weight is 279 g/mol. The second-order valence-corrected chi connectivity index (χ2v) is 4.80. The van der Waals surface area contributed by atoms with Crippen LogP contribution in [0.15, 0.2) is 18.2 Å². The van der Waals surface area contributed by atoms with Gasteiger partial charge in [-0.3, -0.25) is 0 Å². The molecule has 20 heavy (non-hydrogen) atoms. The first kappa shape index (κ1) is 12.7. The topological polar surface area (TPSA) is 68.0 Å². The predicted molar refractivity (Wildman–Crippen MR) is 64.4 cm³/mol. The average Bonchev–Trinajstić information content (AvgIpc) is 3.13. The third kappa shape index (κ3) is 2.26. The largest absolute Gasteiger partial charge is 0.476 e. The molecule has 0 bridgehead atoms. The predicted octanol–water partition coefficient (Wildman–Crippen LogP) is 2.18. The lowest BCUT2D eigenvalue weighted by atomic mass is 10.2. The molecule has 0 unspecified atom stereocenters. The molecular formula is C13H11F2N3O2. The maximum atomic E-state index is 13.6. The van der Waals surface area contributed by atoms with E-state index in [-0.39, 0.29) is 23.7 Å². The van der Waals surface area contributed by atoms with Crippen molar-refractivity contribution in [1.29, 1.82) is 0 Å². The quantitative estimate of drug-likeness (QED) is 0.931. The number of aromatic nitrogens is 3. The standard InChI is InChI=1S/C13H11F2N3O2/c14-9-4-3-8(10(15)5-9)6-18-12(7-1-2-7)11(13(19)20)16-17-18/h3-5,7H,1-2,6H2,(H,19,20).